The zero-order valence-corrected chi connectivity index (χ0v) is 19.7. The van der Waals surface area contributed by atoms with E-state index in [0.717, 1.165) is 43.9 Å². The van der Waals surface area contributed by atoms with Crippen LogP contribution in [0.5, 0.6) is 0 Å². The SMILES string of the molecule is Cc1ccc(S(=O)(=O)c2nnn3c2[nH]c(=O)c2ccc(N4CCCN(C)CC4)cc23)c(C)c1. The molecule has 3 heterocycles. The summed E-state index contributed by atoms with van der Waals surface area (Å²) in [6.07, 6.45) is 1.04. The number of H-pyrrole nitrogens is 1. The van der Waals surface area contributed by atoms with Gasteiger partial charge in [0.2, 0.25) is 14.9 Å². The van der Waals surface area contributed by atoms with E-state index in [9.17, 15) is 13.2 Å². The second-order valence-electron chi connectivity index (χ2n) is 8.73. The number of sulfone groups is 1. The zero-order valence-electron chi connectivity index (χ0n) is 18.9. The first kappa shape index (κ1) is 21.6. The number of nitrogens with zero attached hydrogens (tertiary/aromatic N) is 5. The number of benzene rings is 2. The fourth-order valence-corrected chi connectivity index (χ4v) is 5.97. The van der Waals surface area contributed by atoms with Crippen LogP contribution in [0.2, 0.25) is 0 Å². The van der Waals surface area contributed by atoms with E-state index in [1.165, 1.54) is 4.52 Å². The summed E-state index contributed by atoms with van der Waals surface area (Å²) >= 11 is 0. The van der Waals surface area contributed by atoms with Crippen molar-refractivity contribution in [3.05, 3.63) is 57.9 Å². The van der Waals surface area contributed by atoms with Gasteiger partial charge in [-0.05, 0) is 63.7 Å². The molecular formula is C23H26N6O3S. The number of aromatic nitrogens is 4. The Balaban J connectivity index is 1.67. The Kier molecular flexibility index (Phi) is 5.21. The summed E-state index contributed by atoms with van der Waals surface area (Å²) in [5.41, 5.74) is 2.77. The van der Waals surface area contributed by atoms with Crippen LogP contribution in [0.25, 0.3) is 16.6 Å². The molecule has 0 unspecified atom stereocenters. The normalized spacial score (nSPS) is 15.9. The van der Waals surface area contributed by atoms with Gasteiger partial charge in [0.15, 0.2) is 5.65 Å². The lowest BCUT2D eigenvalue weighted by atomic mass is 10.2. The summed E-state index contributed by atoms with van der Waals surface area (Å²) in [5.74, 6) is 0. The predicted molar refractivity (Wildman–Crippen MR) is 127 cm³/mol. The van der Waals surface area contributed by atoms with E-state index in [1.54, 1.807) is 25.1 Å². The molecule has 0 radical (unpaired) electrons. The van der Waals surface area contributed by atoms with Gasteiger partial charge < -0.3 is 14.8 Å². The Bertz CT molecular complexity index is 1540. The van der Waals surface area contributed by atoms with E-state index in [2.05, 4.69) is 32.1 Å². The highest BCUT2D eigenvalue weighted by Gasteiger charge is 2.28. The van der Waals surface area contributed by atoms with Crippen molar-refractivity contribution in [1.29, 1.82) is 0 Å². The second kappa shape index (κ2) is 7.96. The molecule has 1 aliphatic heterocycles. The van der Waals surface area contributed by atoms with Crippen LogP contribution in [0.4, 0.5) is 5.69 Å². The van der Waals surface area contributed by atoms with E-state index in [-0.39, 0.29) is 21.1 Å². The average Bonchev–Trinajstić information content (AvgIpc) is 3.08. The lowest BCUT2D eigenvalue weighted by Crippen LogP contribution is -2.28. The third-order valence-electron chi connectivity index (χ3n) is 6.28. The van der Waals surface area contributed by atoms with Crippen molar-refractivity contribution in [2.75, 3.05) is 38.1 Å². The second-order valence-corrected chi connectivity index (χ2v) is 10.6. The summed E-state index contributed by atoms with van der Waals surface area (Å²) in [6.45, 7) is 7.42. The van der Waals surface area contributed by atoms with E-state index < -0.39 is 9.84 Å². The van der Waals surface area contributed by atoms with Crippen molar-refractivity contribution in [3.8, 4) is 0 Å². The first-order valence-corrected chi connectivity index (χ1v) is 12.4. The number of hydrogen-bond acceptors (Lipinski definition) is 7. The topological polar surface area (TPSA) is 104 Å². The highest BCUT2D eigenvalue weighted by molar-refractivity contribution is 7.91. The standard InChI is InChI=1S/C23H26N6O3S/c1-15-5-8-20(16(2)13-15)33(31,32)23-21-24-22(30)18-7-6-17(14-19(18)29(21)26-25-23)28-10-4-9-27(3)11-12-28/h5-8,13-14H,4,9-12H2,1-3H3,(H,24,30). The fraction of sp³-hybridized carbons (Fsp3) is 0.348. The number of anilines is 1. The number of likely N-dealkylation sites (N-methyl/N-ethyl adjacent to an activating group) is 1. The largest absolute Gasteiger partial charge is 0.370 e. The predicted octanol–water partition coefficient (Wildman–Crippen LogP) is 2.16. The number of aryl methyl sites for hydroxylation is 2. The highest BCUT2D eigenvalue weighted by Crippen LogP contribution is 2.27. The maximum atomic E-state index is 13.4. The molecule has 0 amide bonds. The summed E-state index contributed by atoms with van der Waals surface area (Å²) in [7, 11) is -1.87. The van der Waals surface area contributed by atoms with Crippen molar-refractivity contribution in [2.45, 2.75) is 30.2 Å². The molecule has 1 saturated heterocycles. The summed E-state index contributed by atoms with van der Waals surface area (Å²) in [6, 6.07) is 10.7. The van der Waals surface area contributed by atoms with Gasteiger partial charge in [-0.25, -0.2) is 8.42 Å². The van der Waals surface area contributed by atoms with Gasteiger partial charge in [-0.3, -0.25) is 4.79 Å². The molecule has 0 spiro atoms. The van der Waals surface area contributed by atoms with Gasteiger partial charge in [0.25, 0.3) is 5.56 Å². The molecule has 172 valence electrons. The van der Waals surface area contributed by atoms with Crippen LogP contribution in [0.15, 0.2) is 51.1 Å². The first-order valence-electron chi connectivity index (χ1n) is 10.9. The summed E-state index contributed by atoms with van der Waals surface area (Å²) in [4.78, 5) is 20.3. The number of hydrogen-bond donors (Lipinski definition) is 1. The van der Waals surface area contributed by atoms with Gasteiger partial charge >= 0.3 is 0 Å². The van der Waals surface area contributed by atoms with Crippen LogP contribution in [-0.2, 0) is 9.84 Å². The maximum absolute atomic E-state index is 13.4. The van der Waals surface area contributed by atoms with Crippen molar-refractivity contribution >= 4 is 32.1 Å². The Labute approximate surface area is 191 Å². The number of aromatic amines is 1. The van der Waals surface area contributed by atoms with Gasteiger partial charge in [0.05, 0.1) is 15.8 Å². The molecule has 1 fully saturated rings. The Morgan fingerprint density at radius 3 is 2.61 bits per heavy atom. The van der Waals surface area contributed by atoms with Crippen molar-refractivity contribution in [1.82, 2.24) is 24.7 Å². The molecule has 0 bridgehead atoms. The smallest absolute Gasteiger partial charge is 0.259 e. The molecule has 1 aliphatic rings. The summed E-state index contributed by atoms with van der Waals surface area (Å²) in [5, 5.41) is 8.31. The minimum absolute atomic E-state index is 0.0697. The molecule has 0 saturated carbocycles. The maximum Gasteiger partial charge on any atom is 0.259 e. The average molecular weight is 467 g/mol. The Hall–Kier alpha value is -3.24. The van der Waals surface area contributed by atoms with E-state index >= 15 is 0 Å². The molecule has 33 heavy (non-hydrogen) atoms. The lowest BCUT2D eigenvalue weighted by molar-refractivity contribution is 0.360. The molecule has 1 N–H and O–H groups in total. The quantitative estimate of drug-likeness (QED) is 0.493. The molecule has 2 aromatic heterocycles. The van der Waals surface area contributed by atoms with Gasteiger partial charge in [-0.1, -0.05) is 22.9 Å². The van der Waals surface area contributed by atoms with Gasteiger partial charge in [0, 0.05) is 25.3 Å². The Morgan fingerprint density at radius 2 is 1.82 bits per heavy atom. The fourth-order valence-electron chi connectivity index (χ4n) is 4.49. The molecule has 10 heteroatoms. The van der Waals surface area contributed by atoms with Crippen molar-refractivity contribution in [3.63, 3.8) is 0 Å². The number of nitrogens with one attached hydrogen (secondary N) is 1. The van der Waals surface area contributed by atoms with Crippen LogP contribution in [-0.4, -0.2) is 66.4 Å². The third-order valence-corrected chi connectivity index (χ3v) is 8.11. The monoisotopic (exact) mass is 466 g/mol. The number of rotatable bonds is 3. The molecular weight excluding hydrogens is 440 g/mol. The minimum Gasteiger partial charge on any atom is -0.370 e. The molecule has 4 aromatic rings. The van der Waals surface area contributed by atoms with Gasteiger partial charge in [-0.2, -0.15) is 4.52 Å². The van der Waals surface area contributed by atoms with Crippen LogP contribution < -0.4 is 10.5 Å². The van der Waals surface area contributed by atoms with Crippen molar-refractivity contribution < 1.29 is 8.42 Å². The zero-order chi connectivity index (χ0) is 23.3. The first-order chi connectivity index (χ1) is 15.8. The minimum atomic E-state index is -3.98. The highest BCUT2D eigenvalue weighted by atomic mass is 32.2. The van der Waals surface area contributed by atoms with Crippen molar-refractivity contribution in [2.24, 2.45) is 0 Å². The molecule has 2 aromatic carbocycles. The van der Waals surface area contributed by atoms with Crippen LogP contribution in [0.1, 0.15) is 17.5 Å². The van der Waals surface area contributed by atoms with Crippen LogP contribution >= 0.6 is 0 Å². The Morgan fingerprint density at radius 1 is 1.00 bits per heavy atom. The van der Waals surface area contributed by atoms with Gasteiger partial charge in [-0.15, -0.1) is 5.10 Å². The molecule has 0 atom stereocenters. The van der Waals surface area contributed by atoms with Crippen LogP contribution in [0, 0.1) is 13.8 Å². The molecule has 0 aliphatic carbocycles. The van der Waals surface area contributed by atoms with Gasteiger partial charge in [0.1, 0.15) is 0 Å². The molecule has 9 nitrogen and oxygen atoms in total. The lowest BCUT2D eigenvalue weighted by Gasteiger charge is -2.23. The molecule has 5 rings (SSSR count). The van der Waals surface area contributed by atoms with E-state index in [1.807, 2.05) is 25.1 Å². The van der Waals surface area contributed by atoms with E-state index in [0.29, 0.717) is 16.5 Å². The summed E-state index contributed by atoms with van der Waals surface area (Å²) < 4.78 is 28.3. The number of fused-ring (bicyclic) bond motifs is 3. The van der Waals surface area contributed by atoms with Crippen LogP contribution in [0.3, 0.4) is 0 Å². The third kappa shape index (κ3) is 3.68. The van der Waals surface area contributed by atoms with E-state index in [4.69, 9.17) is 0 Å².